The highest BCUT2D eigenvalue weighted by Crippen LogP contribution is 2.08. The topological polar surface area (TPSA) is 27.8 Å². The molecule has 2 N–H and O–H groups in total. The first-order chi connectivity index (χ1) is 4.34. The first kappa shape index (κ1) is 7.01. The van der Waals surface area contributed by atoms with Crippen LogP contribution in [-0.4, -0.2) is 4.98 Å². The number of rotatable bonds is 1. The Morgan fingerprint density at radius 2 is 2.44 bits per heavy atom. The van der Waals surface area contributed by atoms with Crippen LogP contribution in [0.5, 0.6) is 0 Å². The minimum Gasteiger partial charge on any atom is -0.366 e. The van der Waals surface area contributed by atoms with Crippen molar-refractivity contribution < 1.29 is 0 Å². The molecule has 48 valence electrons. The Bertz CT molecular complexity index is 245. The lowest BCUT2D eigenvalue weighted by molar-refractivity contribution is 1.33. The third kappa shape index (κ3) is 1.65. The molecule has 0 aliphatic carbocycles. The molecule has 1 heterocycles. The molecule has 0 spiro atoms. The van der Waals surface area contributed by atoms with Gasteiger partial charge in [0, 0.05) is 12.4 Å². The first-order valence-electron chi connectivity index (χ1n) is 2.38. The molecule has 2 nitrogen and oxygen atoms in total. The van der Waals surface area contributed by atoms with Crippen LogP contribution in [0.15, 0.2) is 18.5 Å². The summed E-state index contributed by atoms with van der Waals surface area (Å²) in [6.07, 6.45) is 3.63. The van der Waals surface area contributed by atoms with Gasteiger partial charge in [0.15, 0.2) is 0 Å². The maximum atomic E-state index is 4.96. The Kier molecular flexibility index (Phi) is 2.47. The molecule has 0 aliphatic rings. The van der Waals surface area contributed by atoms with Gasteiger partial charge in [-0.25, -0.2) is 0 Å². The molecular formula is C5H5IN2S. The van der Waals surface area contributed by atoms with Crippen molar-refractivity contribution in [3.63, 3.8) is 0 Å². The number of hydrogen-bond donors (Lipinski definition) is 2. The maximum Gasteiger partial charge on any atom is 0.0773 e. The number of anilines is 1. The minimum absolute atomic E-state index is 0.836. The van der Waals surface area contributed by atoms with Gasteiger partial charge in [-0.05, 0) is 6.07 Å². The Hall–Kier alpha value is -0.100. The fourth-order valence-corrected chi connectivity index (χ4v) is 1.30. The molecule has 1 aromatic heterocycles. The minimum atomic E-state index is 0.836. The lowest BCUT2D eigenvalue weighted by Crippen LogP contribution is -1.80. The summed E-state index contributed by atoms with van der Waals surface area (Å²) >= 11 is 7.01. The average molecular weight is 252 g/mol. The number of aromatic amines is 1. The van der Waals surface area contributed by atoms with Crippen molar-refractivity contribution in [1.29, 1.82) is 0 Å². The second-order valence-electron chi connectivity index (χ2n) is 1.52. The van der Waals surface area contributed by atoms with Crippen LogP contribution in [0.1, 0.15) is 0 Å². The van der Waals surface area contributed by atoms with E-state index < -0.39 is 0 Å². The molecule has 1 rings (SSSR count). The van der Waals surface area contributed by atoms with Gasteiger partial charge in [-0.15, -0.1) is 0 Å². The van der Waals surface area contributed by atoms with Crippen molar-refractivity contribution in [2.45, 2.75) is 0 Å². The van der Waals surface area contributed by atoms with Gasteiger partial charge < -0.3 is 8.51 Å². The van der Waals surface area contributed by atoms with E-state index in [1.54, 1.807) is 6.20 Å². The number of pyridine rings is 1. The molecule has 0 aliphatic heterocycles. The van der Waals surface area contributed by atoms with E-state index in [0.29, 0.717) is 0 Å². The smallest absolute Gasteiger partial charge is 0.0773 e. The number of hydrogen-bond acceptors (Lipinski definition) is 2. The van der Waals surface area contributed by atoms with E-state index in [1.165, 1.54) is 0 Å². The van der Waals surface area contributed by atoms with Crippen LogP contribution in [0.2, 0.25) is 0 Å². The second kappa shape index (κ2) is 3.17. The molecule has 0 aromatic carbocycles. The van der Waals surface area contributed by atoms with Crippen molar-refractivity contribution in [3.05, 3.63) is 23.0 Å². The van der Waals surface area contributed by atoms with E-state index in [1.807, 2.05) is 35.1 Å². The fourth-order valence-electron chi connectivity index (χ4n) is 0.490. The average Bonchev–Trinajstić information content (AvgIpc) is 1.89. The number of aromatic nitrogens is 1. The predicted octanol–water partition coefficient (Wildman–Crippen LogP) is 2.51. The molecule has 0 saturated heterocycles. The van der Waals surface area contributed by atoms with Gasteiger partial charge in [0.05, 0.1) is 33.1 Å². The van der Waals surface area contributed by atoms with Crippen LogP contribution in [0.3, 0.4) is 0 Å². The molecule has 9 heavy (non-hydrogen) atoms. The van der Waals surface area contributed by atoms with Crippen LogP contribution >= 0.6 is 35.1 Å². The molecule has 0 fully saturated rings. The highest BCUT2D eigenvalue weighted by atomic mass is 127. The zero-order valence-corrected chi connectivity index (χ0v) is 7.49. The quantitative estimate of drug-likeness (QED) is 0.456. The van der Waals surface area contributed by atoms with Gasteiger partial charge in [0.25, 0.3) is 0 Å². The van der Waals surface area contributed by atoms with Gasteiger partial charge in [-0.1, -0.05) is 12.2 Å². The highest BCUT2D eigenvalue weighted by molar-refractivity contribution is 14.1. The molecule has 0 atom stereocenters. The monoisotopic (exact) mass is 252 g/mol. The summed E-state index contributed by atoms with van der Waals surface area (Å²) in [6.45, 7) is 0. The number of H-pyrrole nitrogens is 1. The SMILES string of the molecule is S=c1cc[nH]cc1NI. The molecular weight excluding hydrogens is 247 g/mol. The van der Waals surface area contributed by atoms with Gasteiger partial charge in [-0.3, -0.25) is 0 Å². The molecule has 1 aromatic rings. The molecule has 4 heteroatoms. The molecule has 0 radical (unpaired) electrons. The summed E-state index contributed by atoms with van der Waals surface area (Å²) in [7, 11) is 0. The van der Waals surface area contributed by atoms with Gasteiger partial charge in [-0.2, -0.15) is 0 Å². The summed E-state index contributed by atoms with van der Waals surface area (Å²) in [5, 5.41) is 0. The molecule has 0 bridgehead atoms. The van der Waals surface area contributed by atoms with Crippen molar-refractivity contribution in [2.75, 3.05) is 3.53 Å². The van der Waals surface area contributed by atoms with E-state index in [2.05, 4.69) is 8.51 Å². The highest BCUT2D eigenvalue weighted by Gasteiger charge is 1.86. The Labute approximate surface area is 72.2 Å². The Morgan fingerprint density at radius 3 is 2.89 bits per heavy atom. The van der Waals surface area contributed by atoms with Crippen molar-refractivity contribution >= 4 is 40.8 Å². The summed E-state index contributed by atoms with van der Waals surface area (Å²) in [5.41, 5.74) is 0.952. The third-order valence-electron chi connectivity index (χ3n) is 0.926. The normalized spacial score (nSPS) is 9.00. The predicted molar refractivity (Wildman–Crippen MR) is 49.3 cm³/mol. The van der Waals surface area contributed by atoms with E-state index in [0.717, 1.165) is 10.2 Å². The van der Waals surface area contributed by atoms with Crippen molar-refractivity contribution in [1.82, 2.24) is 4.98 Å². The Balaban J connectivity index is 3.16. The van der Waals surface area contributed by atoms with E-state index in [9.17, 15) is 0 Å². The summed E-state index contributed by atoms with van der Waals surface area (Å²) in [5.74, 6) is 0. The van der Waals surface area contributed by atoms with Gasteiger partial charge >= 0.3 is 0 Å². The van der Waals surface area contributed by atoms with E-state index >= 15 is 0 Å². The second-order valence-corrected chi connectivity index (χ2v) is 2.50. The van der Waals surface area contributed by atoms with Gasteiger partial charge in [0.1, 0.15) is 0 Å². The van der Waals surface area contributed by atoms with Crippen LogP contribution in [0.25, 0.3) is 0 Å². The summed E-state index contributed by atoms with van der Waals surface area (Å²) in [4.78, 5) is 2.92. The van der Waals surface area contributed by atoms with Gasteiger partial charge in [0.2, 0.25) is 0 Å². The standard InChI is InChI=1S/C5H5IN2S/c6-8-4-3-7-2-1-5(4)9/h1-3,8H,(H,7,9). The maximum absolute atomic E-state index is 4.96. The first-order valence-corrected chi connectivity index (χ1v) is 3.87. The van der Waals surface area contributed by atoms with E-state index in [4.69, 9.17) is 12.2 Å². The van der Waals surface area contributed by atoms with Crippen LogP contribution in [0, 0.1) is 4.51 Å². The molecule has 0 amide bonds. The number of halogens is 1. The lowest BCUT2D eigenvalue weighted by atomic mass is 10.4. The zero-order chi connectivity index (χ0) is 6.69. The van der Waals surface area contributed by atoms with Crippen LogP contribution in [0.4, 0.5) is 5.69 Å². The Morgan fingerprint density at radius 1 is 1.67 bits per heavy atom. The summed E-state index contributed by atoms with van der Waals surface area (Å²) in [6, 6.07) is 1.84. The van der Waals surface area contributed by atoms with Crippen LogP contribution in [-0.2, 0) is 0 Å². The zero-order valence-electron chi connectivity index (χ0n) is 4.52. The summed E-state index contributed by atoms with van der Waals surface area (Å²) < 4.78 is 3.77. The molecule has 0 saturated carbocycles. The lowest BCUT2D eigenvalue weighted by Gasteiger charge is -1.93. The van der Waals surface area contributed by atoms with Crippen LogP contribution < -0.4 is 3.53 Å². The third-order valence-corrected chi connectivity index (χ3v) is 1.86. The fraction of sp³-hybridized carbons (Fsp3) is 0. The van der Waals surface area contributed by atoms with Crippen molar-refractivity contribution in [2.24, 2.45) is 0 Å². The number of nitrogens with one attached hydrogen (secondary N) is 2. The largest absolute Gasteiger partial charge is 0.366 e. The van der Waals surface area contributed by atoms with Crippen molar-refractivity contribution in [3.8, 4) is 0 Å². The van der Waals surface area contributed by atoms with E-state index in [-0.39, 0.29) is 0 Å². The molecule has 0 unspecified atom stereocenters.